The van der Waals surface area contributed by atoms with E-state index in [1.807, 2.05) is 24.0 Å². The summed E-state index contributed by atoms with van der Waals surface area (Å²) in [4.78, 5) is 14.1. The van der Waals surface area contributed by atoms with Crippen LogP contribution < -0.4 is 0 Å². The van der Waals surface area contributed by atoms with Crippen LogP contribution in [0.1, 0.15) is 29.8 Å². The number of hydrogen-bond acceptors (Lipinski definition) is 2. The fourth-order valence-electron chi connectivity index (χ4n) is 1.77. The van der Waals surface area contributed by atoms with Crippen molar-refractivity contribution < 1.29 is 9.90 Å². The lowest BCUT2D eigenvalue weighted by atomic mass is 10.1. The molecule has 0 aliphatic heterocycles. The SMILES string of the molecule is CC(C)SCc1c[nH]c2c(C(=O)O)cccc12. The molecular weight excluding hydrogens is 234 g/mol. The Bertz CT molecular complexity index is 545. The molecule has 4 heteroatoms. The summed E-state index contributed by atoms with van der Waals surface area (Å²) in [6.45, 7) is 4.31. The first kappa shape index (κ1) is 12.0. The maximum absolute atomic E-state index is 11.1. The molecule has 0 bridgehead atoms. The van der Waals surface area contributed by atoms with Crippen LogP contribution >= 0.6 is 11.8 Å². The fraction of sp³-hybridized carbons (Fsp3) is 0.308. The molecule has 0 aliphatic rings. The molecule has 0 unspecified atom stereocenters. The zero-order valence-electron chi connectivity index (χ0n) is 9.86. The van der Waals surface area contributed by atoms with Crippen LogP contribution in [0.4, 0.5) is 0 Å². The van der Waals surface area contributed by atoms with Crippen LogP contribution in [0.15, 0.2) is 24.4 Å². The van der Waals surface area contributed by atoms with Gasteiger partial charge in [0.1, 0.15) is 0 Å². The fourth-order valence-corrected chi connectivity index (χ4v) is 2.52. The molecule has 0 aliphatic carbocycles. The maximum atomic E-state index is 11.1. The van der Waals surface area contributed by atoms with Gasteiger partial charge in [0, 0.05) is 17.3 Å². The Morgan fingerprint density at radius 2 is 2.24 bits per heavy atom. The Morgan fingerprint density at radius 3 is 2.88 bits per heavy atom. The van der Waals surface area contributed by atoms with Gasteiger partial charge in [0.15, 0.2) is 0 Å². The minimum Gasteiger partial charge on any atom is -0.478 e. The summed E-state index contributed by atoms with van der Waals surface area (Å²) in [7, 11) is 0. The van der Waals surface area contributed by atoms with Gasteiger partial charge >= 0.3 is 5.97 Å². The van der Waals surface area contributed by atoms with Crippen LogP contribution in [-0.2, 0) is 5.75 Å². The van der Waals surface area contributed by atoms with Crippen molar-refractivity contribution in [2.75, 3.05) is 0 Å². The van der Waals surface area contributed by atoms with Crippen LogP contribution in [0.5, 0.6) is 0 Å². The van der Waals surface area contributed by atoms with E-state index in [-0.39, 0.29) is 0 Å². The van der Waals surface area contributed by atoms with E-state index in [4.69, 9.17) is 5.11 Å². The van der Waals surface area contributed by atoms with Gasteiger partial charge in [-0.15, -0.1) is 0 Å². The second-order valence-electron chi connectivity index (χ2n) is 4.21. The summed E-state index contributed by atoms with van der Waals surface area (Å²) >= 11 is 1.85. The molecule has 2 aromatic rings. The lowest BCUT2D eigenvalue weighted by Crippen LogP contribution is -1.96. The second kappa shape index (κ2) is 4.84. The van der Waals surface area contributed by atoms with Crippen LogP contribution in [0.25, 0.3) is 10.9 Å². The van der Waals surface area contributed by atoms with Crippen molar-refractivity contribution in [3.8, 4) is 0 Å². The summed E-state index contributed by atoms with van der Waals surface area (Å²) in [6, 6.07) is 5.39. The number of nitrogens with one attached hydrogen (secondary N) is 1. The van der Waals surface area contributed by atoms with Crippen molar-refractivity contribution in [2.45, 2.75) is 24.9 Å². The molecule has 2 rings (SSSR count). The Morgan fingerprint density at radius 1 is 1.47 bits per heavy atom. The number of para-hydroxylation sites is 1. The van der Waals surface area contributed by atoms with Crippen molar-refractivity contribution in [3.63, 3.8) is 0 Å². The zero-order chi connectivity index (χ0) is 12.4. The smallest absolute Gasteiger partial charge is 0.337 e. The van der Waals surface area contributed by atoms with Gasteiger partial charge in [-0.1, -0.05) is 26.0 Å². The number of fused-ring (bicyclic) bond motifs is 1. The van der Waals surface area contributed by atoms with Gasteiger partial charge in [-0.3, -0.25) is 0 Å². The lowest BCUT2D eigenvalue weighted by Gasteiger charge is -2.03. The highest BCUT2D eigenvalue weighted by Crippen LogP contribution is 2.26. The normalized spacial score (nSPS) is 11.2. The quantitative estimate of drug-likeness (QED) is 0.871. The summed E-state index contributed by atoms with van der Waals surface area (Å²) < 4.78 is 0. The van der Waals surface area contributed by atoms with E-state index in [0.717, 1.165) is 16.7 Å². The average Bonchev–Trinajstić information content (AvgIpc) is 2.68. The molecule has 0 amide bonds. The number of aromatic amines is 1. The van der Waals surface area contributed by atoms with Crippen molar-refractivity contribution in [1.82, 2.24) is 4.98 Å². The number of hydrogen-bond donors (Lipinski definition) is 2. The highest BCUT2D eigenvalue weighted by Gasteiger charge is 2.12. The number of carboxylic acid groups (broad SMARTS) is 1. The largest absolute Gasteiger partial charge is 0.478 e. The van der Waals surface area contributed by atoms with Gasteiger partial charge < -0.3 is 10.1 Å². The molecule has 1 aromatic heterocycles. The van der Waals surface area contributed by atoms with E-state index >= 15 is 0 Å². The second-order valence-corrected chi connectivity index (χ2v) is 5.77. The Balaban J connectivity index is 2.40. The van der Waals surface area contributed by atoms with Crippen LogP contribution in [-0.4, -0.2) is 21.3 Å². The monoisotopic (exact) mass is 249 g/mol. The first-order chi connectivity index (χ1) is 8.09. The predicted molar refractivity (Wildman–Crippen MR) is 71.7 cm³/mol. The van der Waals surface area contributed by atoms with Crippen molar-refractivity contribution in [2.24, 2.45) is 0 Å². The first-order valence-electron chi connectivity index (χ1n) is 5.53. The summed E-state index contributed by atoms with van der Waals surface area (Å²) in [5.74, 6) is 0.0151. The highest BCUT2D eigenvalue weighted by atomic mass is 32.2. The molecule has 0 fully saturated rings. The van der Waals surface area contributed by atoms with E-state index in [9.17, 15) is 4.79 Å². The van der Waals surface area contributed by atoms with Gasteiger partial charge in [-0.25, -0.2) is 4.79 Å². The number of thioether (sulfide) groups is 1. The summed E-state index contributed by atoms with van der Waals surface area (Å²) in [6.07, 6.45) is 1.91. The molecule has 17 heavy (non-hydrogen) atoms. The minimum atomic E-state index is -0.888. The third kappa shape index (κ3) is 2.47. The van der Waals surface area contributed by atoms with E-state index in [1.54, 1.807) is 12.1 Å². The van der Waals surface area contributed by atoms with E-state index < -0.39 is 5.97 Å². The standard InChI is InChI=1S/C13H15NO2S/c1-8(2)17-7-9-6-14-12-10(9)4-3-5-11(12)13(15)16/h3-6,8,14H,7H2,1-2H3,(H,15,16). The van der Waals surface area contributed by atoms with E-state index in [2.05, 4.69) is 18.8 Å². The molecule has 1 aromatic carbocycles. The summed E-state index contributed by atoms with van der Waals surface area (Å²) in [5, 5.41) is 10.7. The third-order valence-corrected chi connectivity index (χ3v) is 3.75. The van der Waals surface area contributed by atoms with Gasteiger partial charge in [0.25, 0.3) is 0 Å². The molecule has 3 nitrogen and oxygen atoms in total. The predicted octanol–water partition coefficient (Wildman–Crippen LogP) is 3.51. The number of H-pyrrole nitrogens is 1. The van der Waals surface area contributed by atoms with E-state index in [0.29, 0.717) is 10.8 Å². The number of carboxylic acids is 1. The van der Waals surface area contributed by atoms with Gasteiger partial charge in [-0.2, -0.15) is 11.8 Å². The number of rotatable bonds is 4. The topological polar surface area (TPSA) is 53.1 Å². The first-order valence-corrected chi connectivity index (χ1v) is 6.58. The van der Waals surface area contributed by atoms with Gasteiger partial charge in [0.05, 0.1) is 11.1 Å². The molecule has 0 radical (unpaired) electrons. The highest BCUT2D eigenvalue weighted by molar-refractivity contribution is 7.99. The third-order valence-electron chi connectivity index (χ3n) is 2.60. The van der Waals surface area contributed by atoms with Crippen LogP contribution in [0.3, 0.4) is 0 Å². The molecule has 1 heterocycles. The van der Waals surface area contributed by atoms with Crippen LogP contribution in [0, 0.1) is 0 Å². The number of benzene rings is 1. The van der Waals surface area contributed by atoms with Gasteiger partial charge in [-0.05, 0) is 16.9 Å². The molecule has 0 spiro atoms. The number of aromatic carboxylic acids is 1. The Kier molecular flexibility index (Phi) is 3.43. The summed E-state index contributed by atoms with van der Waals surface area (Å²) in [5.41, 5.74) is 2.23. The van der Waals surface area contributed by atoms with Crippen molar-refractivity contribution in [1.29, 1.82) is 0 Å². The molecule has 90 valence electrons. The zero-order valence-corrected chi connectivity index (χ0v) is 10.7. The maximum Gasteiger partial charge on any atom is 0.337 e. The number of carbonyl (C=O) groups is 1. The molecular formula is C13H15NO2S. The minimum absolute atomic E-state index is 0.336. The molecule has 2 N–H and O–H groups in total. The average molecular weight is 249 g/mol. The Labute approximate surface area is 104 Å². The number of aromatic nitrogens is 1. The Hall–Kier alpha value is -1.42. The van der Waals surface area contributed by atoms with Gasteiger partial charge in [0.2, 0.25) is 0 Å². The van der Waals surface area contributed by atoms with E-state index in [1.165, 1.54) is 5.56 Å². The molecule has 0 saturated carbocycles. The van der Waals surface area contributed by atoms with Crippen molar-refractivity contribution in [3.05, 3.63) is 35.5 Å². The molecule has 0 saturated heterocycles. The molecule has 0 atom stereocenters. The lowest BCUT2D eigenvalue weighted by molar-refractivity contribution is 0.0699. The van der Waals surface area contributed by atoms with Crippen LogP contribution in [0.2, 0.25) is 0 Å². The van der Waals surface area contributed by atoms with Crippen molar-refractivity contribution >= 4 is 28.6 Å².